The lowest BCUT2D eigenvalue weighted by atomic mass is 10.1. The molecule has 0 amide bonds. The van der Waals surface area contributed by atoms with Gasteiger partial charge >= 0.3 is 0 Å². The number of para-hydroxylation sites is 1. The maximum absolute atomic E-state index is 13.2. The number of nitrogens with zero attached hydrogens (tertiary/aromatic N) is 1. The van der Waals surface area contributed by atoms with Crippen LogP contribution in [0.5, 0.6) is 0 Å². The van der Waals surface area contributed by atoms with Gasteiger partial charge in [0.15, 0.2) is 6.20 Å². The van der Waals surface area contributed by atoms with E-state index < -0.39 is 10.8 Å². The van der Waals surface area contributed by atoms with E-state index in [4.69, 9.17) is 0 Å². The molecule has 2 nitrogen and oxygen atoms in total. The average molecular weight is 545 g/mol. The zero-order chi connectivity index (χ0) is 20.8. The van der Waals surface area contributed by atoms with Crippen molar-refractivity contribution in [3.8, 4) is 0 Å². The molecule has 3 aromatic carbocycles. The minimum absolute atomic E-state index is 0. The minimum atomic E-state index is -1.34. The van der Waals surface area contributed by atoms with Crippen molar-refractivity contribution in [2.24, 2.45) is 0 Å². The van der Waals surface area contributed by atoms with Crippen LogP contribution >= 0.6 is 0 Å². The summed E-state index contributed by atoms with van der Waals surface area (Å²) in [7, 11) is -1.34. The predicted molar refractivity (Wildman–Crippen MR) is 119 cm³/mol. The van der Waals surface area contributed by atoms with Crippen molar-refractivity contribution in [3.63, 3.8) is 0 Å². The van der Waals surface area contributed by atoms with Gasteiger partial charge in [-0.3, -0.25) is 0 Å². The van der Waals surface area contributed by atoms with Gasteiger partial charge in [-0.2, -0.15) is 4.57 Å². The van der Waals surface area contributed by atoms with Crippen LogP contribution in [0.15, 0.2) is 101 Å². The summed E-state index contributed by atoms with van der Waals surface area (Å²) in [5.41, 5.74) is 2.52. The van der Waals surface area contributed by atoms with E-state index in [1.54, 1.807) is 12.1 Å². The van der Waals surface area contributed by atoms with E-state index in [0.717, 1.165) is 48.0 Å². The Morgan fingerprint density at radius 3 is 2.26 bits per heavy atom. The van der Waals surface area contributed by atoms with Gasteiger partial charge in [0.25, 0.3) is 0 Å². The maximum atomic E-state index is 13.2. The highest BCUT2D eigenvalue weighted by atomic mass is 127. The summed E-state index contributed by atoms with van der Waals surface area (Å²) >= 11 is 0. The van der Waals surface area contributed by atoms with Gasteiger partial charge in [0.1, 0.15) is 17.3 Å². The highest BCUT2D eigenvalue weighted by molar-refractivity contribution is 7.85. The van der Waals surface area contributed by atoms with Crippen molar-refractivity contribution in [3.05, 3.63) is 103 Å². The summed E-state index contributed by atoms with van der Waals surface area (Å²) in [5.74, 6) is -0.320. The van der Waals surface area contributed by atoms with Crippen LogP contribution in [0.2, 0.25) is 0 Å². The molecule has 0 bridgehead atoms. The van der Waals surface area contributed by atoms with Gasteiger partial charge in [0.2, 0.25) is 5.52 Å². The monoisotopic (exact) mass is 545 g/mol. The smallest absolute Gasteiger partial charge is 0.212 e. The average Bonchev–Trinajstić information content (AvgIpc) is 2.79. The van der Waals surface area contributed by atoms with E-state index in [0.29, 0.717) is 4.90 Å². The highest BCUT2D eigenvalue weighted by Crippen LogP contribution is 2.20. The Balaban J connectivity index is 0.00000272. The number of hydrogen-bond acceptors (Lipinski definition) is 1. The Morgan fingerprint density at radius 2 is 1.48 bits per heavy atom. The molecule has 0 fully saturated rings. The number of aromatic nitrogens is 1. The van der Waals surface area contributed by atoms with Crippen LogP contribution in [0, 0.1) is 5.82 Å². The molecular formula is C26H25FINOS. The van der Waals surface area contributed by atoms with E-state index in [1.165, 1.54) is 17.7 Å². The number of rotatable bonds is 8. The number of hydrogen-bond donors (Lipinski definition) is 0. The van der Waals surface area contributed by atoms with E-state index in [2.05, 4.69) is 34.9 Å². The summed E-state index contributed by atoms with van der Waals surface area (Å²) < 4.78 is 28.5. The molecule has 0 radical (unpaired) electrons. The Bertz CT molecular complexity index is 1150. The Kier molecular flexibility index (Phi) is 8.72. The molecular weight excluding hydrogens is 520 g/mol. The second-order valence-corrected chi connectivity index (χ2v) is 8.93. The molecule has 31 heavy (non-hydrogen) atoms. The van der Waals surface area contributed by atoms with E-state index >= 15 is 0 Å². The molecule has 0 aliphatic heterocycles. The van der Waals surface area contributed by atoms with Gasteiger partial charge in [0.05, 0.1) is 10.8 Å². The molecule has 0 aliphatic rings. The van der Waals surface area contributed by atoms with E-state index in [9.17, 15) is 8.60 Å². The van der Waals surface area contributed by atoms with E-state index in [-0.39, 0.29) is 29.8 Å². The SMILES string of the molecule is O=S(c1ccc(F)cc1)c1cc2ccccc2[n+](CCCCCc2ccccc2)c1.[I-]. The minimum Gasteiger partial charge on any atom is -1.00 e. The number of pyridine rings is 1. The molecule has 4 rings (SSSR count). The lowest BCUT2D eigenvalue weighted by molar-refractivity contribution is -0.673. The highest BCUT2D eigenvalue weighted by Gasteiger charge is 2.16. The zero-order valence-corrected chi connectivity index (χ0v) is 20.2. The summed E-state index contributed by atoms with van der Waals surface area (Å²) in [5, 5.41) is 1.06. The largest absolute Gasteiger partial charge is 1.00 e. The van der Waals surface area contributed by atoms with Gasteiger partial charge in [0, 0.05) is 22.8 Å². The Labute approximate surface area is 202 Å². The van der Waals surface area contributed by atoms with Crippen molar-refractivity contribution in [2.75, 3.05) is 0 Å². The number of aryl methyl sites for hydroxylation is 2. The van der Waals surface area contributed by atoms with Crippen LogP contribution in [0.1, 0.15) is 24.8 Å². The molecule has 0 saturated carbocycles. The summed E-state index contributed by atoms with van der Waals surface area (Å²) in [6.45, 7) is 0.879. The van der Waals surface area contributed by atoms with Crippen molar-refractivity contribution < 1.29 is 37.1 Å². The molecule has 0 N–H and O–H groups in total. The third kappa shape index (κ3) is 6.20. The lowest BCUT2D eigenvalue weighted by Gasteiger charge is -2.07. The fourth-order valence-corrected chi connectivity index (χ4v) is 4.81. The first-order chi connectivity index (χ1) is 14.7. The molecule has 0 aliphatic carbocycles. The Morgan fingerprint density at radius 1 is 0.774 bits per heavy atom. The van der Waals surface area contributed by atoms with Crippen molar-refractivity contribution >= 4 is 21.7 Å². The van der Waals surface area contributed by atoms with Gasteiger partial charge in [-0.15, -0.1) is 0 Å². The predicted octanol–water partition coefficient (Wildman–Crippen LogP) is 2.85. The van der Waals surface area contributed by atoms with Crippen LogP contribution in [-0.4, -0.2) is 4.21 Å². The van der Waals surface area contributed by atoms with Crippen molar-refractivity contribution in [1.82, 2.24) is 0 Å². The van der Waals surface area contributed by atoms with Crippen molar-refractivity contribution in [2.45, 2.75) is 42.0 Å². The molecule has 1 atom stereocenters. The van der Waals surface area contributed by atoms with Crippen LogP contribution in [0.4, 0.5) is 4.39 Å². The van der Waals surface area contributed by atoms with Crippen LogP contribution in [-0.2, 0) is 23.8 Å². The standard InChI is InChI=1S/C26H25FNOS.HI/c27-23-14-16-24(17-15-23)30(29)25-19-22-12-6-7-13-26(22)28(20-25)18-8-2-5-11-21-9-3-1-4-10-21;/h1,3-4,6-7,9-10,12-17,19-20H,2,5,8,11,18H2;1H/q+1;/p-1. The quantitative estimate of drug-likeness (QED) is 0.190. The van der Waals surface area contributed by atoms with Crippen LogP contribution in [0.3, 0.4) is 0 Å². The molecule has 5 heteroatoms. The van der Waals surface area contributed by atoms with E-state index in [1.807, 2.05) is 36.5 Å². The first-order valence-corrected chi connectivity index (χ1v) is 11.5. The molecule has 0 saturated heterocycles. The molecule has 0 spiro atoms. The molecule has 1 heterocycles. The summed E-state index contributed by atoms with van der Waals surface area (Å²) in [4.78, 5) is 1.35. The van der Waals surface area contributed by atoms with Crippen LogP contribution < -0.4 is 28.5 Å². The number of fused-ring (bicyclic) bond motifs is 1. The first-order valence-electron chi connectivity index (χ1n) is 10.3. The normalized spacial score (nSPS) is 11.8. The van der Waals surface area contributed by atoms with Crippen LogP contribution in [0.25, 0.3) is 10.9 Å². The molecule has 1 unspecified atom stereocenters. The second kappa shape index (κ2) is 11.5. The summed E-state index contributed by atoms with van der Waals surface area (Å²) in [6.07, 6.45) is 6.44. The van der Waals surface area contributed by atoms with Crippen molar-refractivity contribution in [1.29, 1.82) is 0 Å². The molecule has 4 aromatic rings. The first kappa shape index (κ1) is 23.5. The Hall–Kier alpha value is -2.12. The number of benzene rings is 3. The number of unbranched alkanes of at least 4 members (excludes halogenated alkanes) is 2. The second-order valence-electron chi connectivity index (χ2n) is 7.45. The lowest BCUT2D eigenvalue weighted by Crippen LogP contribution is -3.00. The maximum Gasteiger partial charge on any atom is 0.212 e. The van der Waals surface area contributed by atoms with Gasteiger partial charge < -0.3 is 24.0 Å². The van der Waals surface area contributed by atoms with Gasteiger partial charge in [-0.05, 0) is 61.2 Å². The summed E-state index contributed by atoms with van der Waals surface area (Å²) in [6, 6.07) is 26.6. The number of halogens is 2. The fourth-order valence-electron chi connectivity index (χ4n) is 3.70. The zero-order valence-electron chi connectivity index (χ0n) is 17.2. The topological polar surface area (TPSA) is 20.9 Å². The molecule has 160 valence electrons. The van der Waals surface area contributed by atoms with Gasteiger partial charge in [-0.1, -0.05) is 42.5 Å². The third-order valence-corrected chi connectivity index (χ3v) is 6.63. The van der Waals surface area contributed by atoms with Gasteiger partial charge in [-0.25, -0.2) is 8.60 Å². The molecule has 1 aromatic heterocycles. The third-order valence-electron chi connectivity index (χ3n) is 5.28. The fraction of sp³-hybridized carbons (Fsp3) is 0.192.